The number of carbonyl (C=O) groups excluding carboxylic acids is 2. The first kappa shape index (κ1) is 17.0. The second kappa shape index (κ2) is 7.41. The van der Waals surface area contributed by atoms with Gasteiger partial charge in [0.25, 0.3) is 5.91 Å². The Hall–Kier alpha value is -2.48. The molecule has 0 spiro atoms. The monoisotopic (exact) mass is 357 g/mol. The maximum Gasteiger partial charge on any atom is 0.251 e. The van der Waals surface area contributed by atoms with Crippen molar-refractivity contribution in [2.45, 2.75) is 38.3 Å². The molecule has 2 saturated heterocycles. The van der Waals surface area contributed by atoms with Crippen molar-refractivity contribution in [2.75, 3.05) is 19.7 Å². The van der Waals surface area contributed by atoms with E-state index in [2.05, 4.69) is 15.4 Å². The molecular formula is C18H23N5O3. The summed E-state index contributed by atoms with van der Waals surface area (Å²) < 4.78 is 7.16. The summed E-state index contributed by atoms with van der Waals surface area (Å²) in [5.41, 5.74) is 1.65. The number of piperidine rings is 1. The lowest BCUT2D eigenvalue weighted by atomic mass is 9.95. The second-order valence-electron chi connectivity index (χ2n) is 6.88. The Balaban J connectivity index is 1.27. The third-order valence-electron chi connectivity index (χ3n) is 5.19. The van der Waals surface area contributed by atoms with Crippen LogP contribution in [0.3, 0.4) is 0 Å². The highest BCUT2D eigenvalue weighted by atomic mass is 16.5. The zero-order valence-corrected chi connectivity index (χ0v) is 14.6. The molecule has 26 heavy (non-hydrogen) atoms. The van der Waals surface area contributed by atoms with Crippen molar-refractivity contribution in [3.8, 4) is 0 Å². The van der Waals surface area contributed by atoms with E-state index in [1.165, 1.54) is 0 Å². The van der Waals surface area contributed by atoms with Crippen LogP contribution in [0.2, 0.25) is 0 Å². The van der Waals surface area contributed by atoms with Gasteiger partial charge in [0, 0.05) is 50.1 Å². The van der Waals surface area contributed by atoms with Crippen LogP contribution < -0.4 is 5.32 Å². The Kier molecular flexibility index (Phi) is 4.83. The minimum atomic E-state index is -0.275. The van der Waals surface area contributed by atoms with Crippen molar-refractivity contribution in [1.29, 1.82) is 0 Å². The van der Waals surface area contributed by atoms with Crippen LogP contribution in [0.1, 0.15) is 31.2 Å². The standard InChI is InChI=1S/C18H23N5O3/c24-17(20-11-14-12-21-23-7-2-6-19-16(14)23)13-4-8-22(9-5-13)18(25)15-3-1-10-26-15/h2,6-7,12-13,15H,1,3-5,8-11H2,(H,20,24)/t15-/m0/s1. The van der Waals surface area contributed by atoms with Gasteiger partial charge in [0.05, 0.1) is 6.20 Å². The van der Waals surface area contributed by atoms with E-state index >= 15 is 0 Å². The summed E-state index contributed by atoms with van der Waals surface area (Å²) in [4.78, 5) is 31.0. The van der Waals surface area contributed by atoms with Crippen molar-refractivity contribution in [3.63, 3.8) is 0 Å². The van der Waals surface area contributed by atoms with Gasteiger partial charge in [-0.2, -0.15) is 5.10 Å². The first-order valence-corrected chi connectivity index (χ1v) is 9.18. The second-order valence-corrected chi connectivity index (χ2v) is 6.88. The summed E-state index contributed by atoms with van der Waals surface area (Å²) in [6.45, 7) is 2.33. The van der Waals surface area contributed by atoms with Crippen molar-refractivity contribution >= 4 is 17.5 Å². The van der Waals surface area contributed by atoms with Crippen molar-refractivity contribution in [1.82, 2.24) is 24.8 Å². The lowest BCUT2D eigenvalue weighted by Crippen LogP contribution is -2.46. The van der Waals surface area contributed by atoms with Crippen LogP contribution in [0.4, 0.5) is 0 Å². The van der Waals surface area contributed by atoms with E-state index in [-0.39, 0.29) is 23.8 Å². The summed E-state index contributed by atoms with van der Waals surface area (Å²) in [6, 6.07) is 1.81. The number of ether oxygens (including phenoxy) is 1. The number of rotatable bonds is 4. The molecule has 2 amide bonds. The van der Waals surface area contributed by atoms with Crippen LogP contribution in [0.15, 0.2) is 24.7 Å². The van der Waals surface area contributed by atoms with Gasteiger partial charge in [0.15, 0.2) is 5.65 Å². The summed E-state index contributed by atoms with van der Waals surface area (Å²) in [7, 11) is 0. The van der Waals surface area contributed by atoms with Gasteiger partial charge < -0.3 is 15.0 Å². The molecule has 1 atom stereocenters. The molecular weight excluding hydrogens is 334 g/mol. The quantitative estimate of drug-likeness (QED) is 0.873. The number of aromatic nitrogens is 3. The highest BCUT2D eigenvalue weighted by Gasteiger charge is 2.32. The Bertz CT molecular complexity index is 791. The first-order chi connectivity index (χ1) is 12.7. The molecule has 2 aromatic heterocycles. The fourth-order valence-electron chi connectivity index (χ4n) is 3.67. The Labute approximate surface area is 151 Å². The van der Waals surface area contributed by atoms with Crippen LogP contribution >= 0.6 is 0 Å². The third kappa shape index (κ3) is 3.41. The topological polar surface area (TPSA) is 88.8 Å². The van der Waals surface area contributed by atoms with Gasteiger partial charge in [-0.05, 0) is 31.7 Å². The van der Waals surface area contributed by atoms with E-state index in [0.717, 1.165) is 24.1 Å². The van der Waals surface area contributed by atoms with Crippen LogP contribution in [0.25, 0.3) is 5.65 Å². The Morgan fingerprint density at radius 2 is 2.12 bits per heavy atom. The normalized spacial score (nSPS) is 21.2. The average molecular weight is 357 g/mol. The number of carbonyl (C=O) groups is 2. The lowest BCUT2D eigenvalue weighted by Gasteiger charge is -2.32. The smallest absolute Gasteiger partial charge is 0.251 e. The van der Waals surface area contributed by atoms with Crippen LogP contribution in [-0.4, -0.2) is 57.1 Å². The van der Waals surface area contributed by atoms with E-state index in [4.69, 9.17) is 4.74 Å². The molecule has 0 aromatic carbocycles. The van der Waals surface area contributed by atoms with Crippen LogP contribution in [-0.2, 0) is 20.9 Å². The molecule has 2 fully saturated rings. The minimum absolute atomic E-state index is 0.0319. The van der Waals surface area contributed by atoms with Crippen molar-refractivity contribution in [2.24, 2.45) is 5.92 Å². The van der Waals surface area contributed by atoms with Gasteiger partial charge in [-0.1, -0.05) is 0 Å². The molecule has 0 aliphatic carbocycles. The molecule has 4 rings (SSSR count). The molecule has 2 aromatic rings. The van der Waals surface area contributed by atoms with Crippen LogP contribution in [0.5, 0.6) is 0 Å². The number of nitrogens with one attached hydrogen (secondary N) is 1. The number of fused-ring (bicyclic) bond motifs is 1. The number of nitrogens with zero attached hydrogens (tertiary/aromatic N) is 4. The number of hydrogen-bond donors (Lipinski definition) is 1. The molecule has 2 aliphatic heterocycles. The largest absolute Gasteiger partial charge is 0.368 e. The number of hydrogen-bond acceptors (Lipinski definition) is 5. The molecule has 4 heterocycles. The fraction of sp³-hybridized carbons (Fsp3) is 0.556. The molecule has 8 heteroatoms. The highest BCUT2D eigenvalue weighted by molar-refractivity contribution is 5.82. The van der Waals surface area contributed by atoms with E-state index in [9.17, 15) is 9.59 Å². The van der Waals surface area contributed by atoms with Gasteiger partial charge in [-0.3, -0.25) is 9.59 Å². The Morgan fingerprint density at radius 3 is 2.88 bits per heavy atom. The minimum Gasteiger partial charge on any atom is -0.368 e. The zero-order valence-electron chi connectivity index (χ0n) is 14.6. The van der Waals surface area contributed by atoms with Gasteiger partial charge in [0.2, 0.25) is 5.91 Å². The lowest BCUT2D eigenvalue weighted by molar-refractivity contribution is -0.143. The third-order valence-corrected chi connectivity index (χ3v) is 5.19. The molecule has 2 aliphatic rings. The molecule has 0 radical (unpaired) electrons. The maximum absolute atomic E-state index is 12.5. The molecule has 0 unspecified atom stereocenters. The Morgan fingerprint density at radius 1 is 1.27 bits per heavy atom. The van der Waals surface area contributed by atoms with E-state index in [1.54, 1.807) is 16.9 Å². The first-order valence-electron chi connectivity index (χ1n) is 9.18. The summed E-state index contributed by atoms with van der Waals surface area (Å²) in [6.07, 6.45) is 8.14. The number of likely N-dealkylation sites (tertiary alicyclic amines) is 1. The predicted molar refractivity (Wildman–Crippen MR) is 93.1 cm³/mol. The van der Waals surface area contributed by atoms with Crippen molar-refractivity contribution < 1.29 is 14.3 Å². The summed E-state index contributed by atoms with van der Waals surface area (Å²) in [5, 5.41) is 7.21. The van der Waals surface area contributed by atoms with Crippen LogP contribution in [0, 0.1) is 5.92 Å². The van der Waals surface area contributed by atoms with Gasteiger partial charge in [-0.25, -0.2) is 9.50 Å². The van der Waals surface area contributed by atoms with E-state index in [0.29, 0.717) is 39.1 Å². The summed E-state index contributed by atoms with van der Waals surface area (Å²) >= 11 is 0. The van der Waals surface area contributed by atoms with Gasteiger partial charge >= 0.3 is 0 Å². The number of amides is 2. The molecule has 1 N–H and O–H groups in total. The molecule has 138 valence electrons. The average Bonchev–Trinajstić information content (AvgIpc) is 3.36. The SMILES string of the molecule is O=C(NCc1cnn2cccnc12)C1CCN(C(=O)[C@@H]2CCCO2)CC1. The van der Waals surface area contributed by atoms with Gasteiger partial charge in [-0.15, -0.1) is 0 Å². The van der Waals surface area contributed by atoms with E-state index < -0.39 is 0 Å². The van der Waals surface area contributed by atoms with Gasteiger partial charge in [0.1, 0.15) is 6.10 Å². The molecule has 0 bridgehead atoms. The van der Waals surface area contributed by atoms with E-state index in [1.807, 2.05) is 17.2 Å². The maximum atomic E-state index is 12.5. The highest BCUT2D eigenvalue weighted by Crippen LogP contribution is 2.21. The summed E-state index contributed by atoms with van der Waals surface area (Å²) in [5.74, 6) is 0.0571. The fourth-order valence-corrected chi connectivity index (χ4v) is 3.67. The zero-order chi connectivity index (χ0) is 17.9. The molecule has 0 saturated carbocycles. The van der Waals surface area contributed by atoms with Crippen molar-refractivity contribution in [3.05, 3.63) is 30.2 Å². The predicted octanol–water partition coefficient (Wildman–Crippen LogP) is 0.763. The molecule has 8 nitrogen and oxygen atoms in total.